The highest BCUT2D eigenvalue weighted by molar-refractivity contribution is 5.94. The van der Waals surface area contributed by atoms with Crippen LogP contribution in [0.15, 0.2) is 29.0 Å². The van der Waals surface area contributed by atoms with Crippen molar-refractivity contribution in [3.8, 4) is 0 Å². The summed E-state index contributed by atoms with van der Waals surface area (Å²) in [6, 6.07) is 3.52. The van der Waals surface area contributed by atoms with Crippen LogP contribution in [0.4, 0.5) is 0 Å². The van der Waals surface area contributed by atoms with E-state index in [1.54, 1.807) is 24.5 Å². The molecule has 0 spiro atoms. The quantitative estimate of drug-likeness (QED) is 0.862. The molecule has 116 valence electrons. The fourth-order valence-electron chi connectivity index (χ4n) is 2.74. The molecule has 0 saturated carbocycles. The Bertz CT molecular complexity index is 626. The number of nitrogens with zero attached hydrogens (tertiary/aromatic N) is 4. The Balaban J connectivity index is 1.58. The van der Waals surface area contributed by atoms with Gasteiger partial charge in [0.25, 0.3) is 5.91 Å². The summed E-state index contributed by atoms with van der Waals surface area (Å²) in [7, 11) is 0. The van der Waals surface area contributed by atoms with E-state index >= 15 is 0 Å². The first-order chi connectivity index (χ1) is 10.6. The zero-order valence-corrected chi connectivity index (χ0v) is 13.0. The van der Waals surface area contributed by atoms with Crippen molar-refractivity contribution in [1.82, 2.24) is 19.9 Å². The Morgan fingerprint density at radius 2 is 1.86 bits per heavy atom. The lowest BCUT2D eigenvalue weighted by Gasteiger charge is -2.34. The summed E-state index contributed by atoms with van der Waals surface area (Å²) >= 11 is 0. The molecule has 1 fully saturated rings. The van der Waals surface area contributed by atoms with Gasteiger partial charge in [-0.05, 0) is 26.0 Å². The van der Waals surface area contributed by atoms with Crippen molar-refractivity contribution in [1.29, 1.82) is 0 Å². The lowest BCUT2D eigenvalue weighted by atomic mass is 10.1. The Morgan fingerprint density at radius 1 is 1.18 bits per heavy atom. The number of hydrogen-bond acceptors (Lipinski definition) is 5. The van der Waals surface area contributed by atoms with Crippen LogP contribution >= 0.6 is 0 Å². The molecular formula is C16H20N4O2. The molecule has 0 unspecified atom stereocenters. The summed E-state index contributed by atoms with van der Waals surface area (Å²) in [5.74, 6) is 0.965. The Labute approximate surface area is 129 Å². The predicted octanol–water partition coefficient (Wildman–Crippen LogP) is 1.64. The van der Waals surface area contributed by atoms with E-state index in [2.05, 4.69) is 15.0 Å². The van der Waals surface area contributed by atoms with E-state index < -0.39 is 0 Å². The summed E-state index contributed by atoms with van der Waals surface area (Å²) in [6.07, 6.45) is 3.31. The van der Waals surface area contributed by atoms with Crippen LogP contribution < -0.4 is 0 Å². The number of aryl methyl sites for hydroxylation is 2. The zero-order chi connectivity index (χ0) is 15.5. The van der Waals surface area contributed by atoms with Gasteiger partial charge in [-0.2, -0.15) is 0 Å². The topological polar surface area (TPSA) is 62.5 Å². The van der Waals surface area contributed by atoms with Crippen molar-refractivity contribution in [2.24, 2.45) is 0 Å². The van der Waals surface area contributed by atoms with Gasteiger partial charge in [0.1, 0.15) is 5.76 Å². The van der Waals surface area contributed by atoms with Crippen LogP contribution in [0.2, 0.25) is 0 Å². The summed E-state index contributed by atoms with van der Waals surface area (Å²) in [5, 5.41) is 3.99. The van der Waals surface area contributed by atoms with Gasteiger partial charge in [-0.15, -0.1) is 0 Å². The summed E-state index contributed by atoms with van der Waals surface area (Å²) in [6.45, 7) is 7.95. The Morgan fingerprint density at radius 3 is 2.45 bits per heavy atom. The smallest absolute Gasteiger partial charge is 0.254 e. The first kappa shape index (κ1) is 14.7. The van der Waals surface area contributed by atoms with Gasteiger partial charge in [-0.1, -0.05) is 5.16 Å². The van der Waals surface area contributed by atoms with E-state index in [4.69, 9.17) is 4.52 Å². The van der Waals surface area contributed by atoms with Crippen LogP contribution in [0.1, 0.15) is 27.4 Å². The van der Waals surface area contributed by atoms with Crippen molar-refractivity contribution in [2.75, 3.05) is 26.2 Å². The third kappa shape index (κ3) is 3.01. The number of piperazine rings is 1. The molecule has 0 atom stereocenters. The van der Waals surface area contributed by atoms with Crippen molar-refractivity contribution in [2.45, 2.75) is 20.4 Å². The van der Waals surface area contributed by atoms with E-state index in [0.717, 1.165) is 49.7 Å². The van der Waals surface area contributed by atoms with Gasteiger partial charge in [-0.3, -0.25) is 14.7 Å². The molecule has 2 aromatic heterocycles. The highest BCUT2D eigenvalue weighted by Gasteiger charge is 2.23. The number of rotatable bonds is 3. The molecule has 0 bridgehead atoms. The van der Waals surface area contributed by atoms with Gasteiger partial charge < -0.3 is 9.42 Å². The normalized spacial score (nSPS) is 16.0. The van der Waals surface area contributed by atoms with Crippen molar-refractivity contribution in [3.63, 3.8) is 0 Å². The molecule has 0 radical (unpaired) electrons. The maximum Gasteiger partial charge on any atom is 0.254 e. The molecular weight excluding hydrogens is 280 g/mol. The molecule has 0 aliphatic carbocycles. The fraction of sp³-hybridized carbons (Fsp3) is 0.438. The second-order valence-corrected chi connectivity index (χ2v) is 5.61. The van der Waals surface area contributed by atoms with E-state index in [9.17, 15) is 4.79 Å². The first-order valence-electron chi connectivity index (χ1n) is 7.48. The van der Waals surface area contributed by atoms with Crippen LogP contribution in [0.3, 0.4) is 0 Å². The molecule has 22 heavy (non-hydrogen) atoms. The van der Waals surface area contributed by atoms with E-state index in [0.29, 0.717) is 5.56 Å². The minimum Gasteiger partial charge on any atom is -0.361 e. The summed E-state index contributed by atoms with van der Waals surface area (Å²) in [5.41, 5.74) is 2.82. The monoisotopic (exact) mass is 300 g/mol. The minimum absolute atomic E-state index is 0.0828. The van der Waals surface area contributed by atoms with Crippen LogP contribution in [-0.4, -0.2) is 52.0 Å². The molecule has 6 heteroatoms. The van der Waals surface area contributed by atoms with Crippen molar-refractivity contribution in [3.05, 3.63) is 47.1 Å². The van der Waals surface area contributed by atoms with Gasteiger partial charge in [0.15, 0.2) is 0 Å². The number of carbonyl (C=O) groups excluding carboxylic acids is 1. The summed E-state index contributed by atoms with van der Waals surface area (Å²) < 4.78 is 5.21. The lowest BCUT2D eigenvalue weighted by Crippen LogP contribution is -2.48. The standard InChI is InChI=1S/C16H20N4O2/c1-12-15(13(2)22-18-12)11-19-7-9-20(10-8-19)16(21)14-3-5-17-6-4-14/h3-6H,7-11H2,1-2H3. The van der Waals surface area contributed by atoms with E-state index in [1.807, 2.05) is 18.7 Å². The maximum absolute atomic E-state index is 12.4. The highest BCUT2D eigenvalue weighted by Crippen LogP contribution is 2.16. The van der Waals surface area contributed by atoms with Gasteiger partial charge in [0.05, 0.1) is 5.69 Å². The third-order valence-corrected chi connectivity index (χ3v) is 4.15. The van der Waals surface area contributed by atoms with Crippen LogP contribution in [0, 0.1) is 13.8 Å². The molecule has 1 aliphatic heterocycles. The largest absolute Gasteiger partial charge is 0.361 e. The second-order valence-electron chi connectivity index (χ2n) is 5.61. The van der Waals surface area contributed by atoms with E-state index in [-0.39, 0.29) is 5.91 Å². The van der Waals surface area contributed by atoms with Gasteiger partial charge in [-0.25, -0.2) is 0 Å². The molecule has 6 nitrogen and oxygen atoms in total. The molecule has 0 N–H and O–H groups in total. The van der Waals surface area contributed by atoms with Crippen LogP contribution in [0.5, 0.6) is 0 Å². The second kappa shape index (κ2) is 6.27. The maximum atomic E-state index is 12.4. The average Bonchev–Trinajstić information content (AvgIpc) is 2.88. The number of pyridine rings is 1. The lowest BCUT2D eigenvalue weighted by molar-refractivity contribution is 0.0627. The number of amides is 1. The zero-order valence-electron chi connectivity index (χ0n) is 13.0. The highest BCUT2D eigenvalue weighted by atomic mass is 16.5. The predicted molar refractivity (Wildman–Crippen MR) is 81.4 cm³/mol. The van der Waals surface area contributed by atoms with Crippen molar-refractivity contribution >= 4 is 5.91 Å². The third-order valence-electron chi connectivity index (χ3n) is 4.15. The number of aromatic nitrogens is 2. The van der Waals surface area contributed by atoms with Crippen LogP contribution in [0.25, 0.3) is 0 Å². The van der Waals surface area contributed by atoms with E-state index in [1.165, 1.54) is 0 Å². The SMILES string of the molecule is Cc1noc(C)c1CN1CCN(C(=O)c2ccncc2)CC1. The molecule has 1 aliphatic rings. The minimum atomic E-state index is 0.0828. The van der Waals surface area contributed by atoms with Gasteiger partial charge in [0, 0.05) is 56.2 Å². The molecule has 3 heterocycles. The Hall–Kier alpha value is -2.21. The molecule has 1 saturated heterocycles. The Kier molecular flexibility index (Phi) is 4.20. The van der Waals surface area contributed by atoms with Crippen LogP contribution in [-0.2, 0) is 6.54 Å². The fourth-order valence-corrected chi connectivity index (χ4v) is 2.74. The number of carbonyl (C=O) groups is 1. The molecule has 2 aromatic rings. The molecule has 3 rings (SSSR count). The average molecular weight is 300 g/mol. The summed E-state index contributed by atoms with van der Waals surface area (Å²) in [4.78, 5) is 20.6. The van der Waals surface area contributed by atoms with Crippen molar-refractivity contribution < 1.29 is 9.32 Å². The van der Waals surface area contributed by atoms with Gasteiger partial charge >= 0.3 is 0 Å². The molecule has 0 aromatic carbocycles. The van der Waals surface area contributed by atoms with Gasteiger partial charge in [0.2, 0.25) is 0 Å². The number of hydrogen-bond donors (Lipinski definition) is 0. The first-order valence-corrected chi connectivity index (χ1v) is 7.48. The molecule has 1 amide bonds.